The van der Waals surface area contributed by atoms with Gasteiger partial charge in [0.15, 0.2) is 0 Å². The van der Waals surface area contributed by atoms with Gasteiger partial charge in [-0.05, 0) is 36.1 Å². The number of nitrogens with one attached hydrogen (secondary N) is 1. The summed E-state index contributed by atoms with van der Waals surface area (Å²) in [6.45, 7) is 0.702. The summed E-state index contributed by atoms with van der Waals surface area (Å²) in [6.07, 6.45) is 11.6. The maximum absolute atomic E-state index is 12.1. The van der Waals surface area contributed by atoms with E-state index in [4.69, 9.17) is 0 Å². The summed E-state index contributed by atoms with van der Waals surface area (Å²) in [7, 11) is 0. The Morgan fingerprint density at radius 2 is 1.91 bits per heavy atom. The van der Waals surface area contributed by atoms with E-state index in [0.29, 0.717) is 6.54 Å². The molecule has 1 aliphatic carbocycles. The average Bonchev–Trinajstić information content (AvgIpc) is 3.10. The van der Waals surface area contributed by atoms with E-state index in [0.717, 1.165) is 18.4 Å². The summed E-state index contributed by atoms with van der Waals surface area (Å²) < 4.78 is 0. The third-order valence-electron chi connectivity index (χ3n) is 4.66. The first-order chi connectivity index (χ1) is 11.3. The number of benzene rings is 1. The molecule has 0 atom stereocenters. The van der Waals surface area contributed by atoms with Crippen LogP contribution in [0, 0.1) is 0 Å². The summed E-state index contributed by atoms with van der Waals surface area (Å²) in [5.41, 5.74) is 2.37. The molecule has 1 aromatic heterocycles. The first-order valence-electron chi connectivity index (χ1n) is 8.20. The van der Waals surface area contributed by atoms with E-state index in [1.807, 2.05) is 18.2 Å². The number of carbonyl (C=O) groups is 1. The molecule has 0 unspecified atom stereocenters. The van der Waals surface area contributed by atoms with Gasteiger partial charge in [0.1, 0.15) is 0 Å². The molecule has 3 heteroatoms. The smallest absolute Gasteiger partial charge is 0.244 e. The van der Waals surface area contributed by atoms with Crippen LogP contribution in [-0.4, -0.2) is 17.4 Å². The Morgan fingerprint density at radius 3 is 2.61 bits per heavy atom. The van der Waals surface area contributed by atoms with Gasteiger partial charge in [0.2, 0.25) is 5.91 Å². The molecule has 0 spiro atoms. The van der Waals surface area contributed by atoms with Gasteiger partial charge in [0.25, 0.3) is 0 Å². The summed E-state index contributed by atoms with van der Waals surface area (Å²) in [5, 5.41) is 3.09. The van der Waals surface area contributed by atoms with Gasteiger partial charge < -0.3 is 5.32 Å². The van der Waals surface area contributed by atoms with E-state index in [1.165, 1.54) is 18.4 Å². The number of nitrogens with zero attached hydrogens (tertiary/aromatic N) is 1. The molecule has 118 valence electrons. The molecule has 1 amide bonds. The van der Waals surface area contributed by atoms with Gasteiger partial charge in [-0.15, -0.1) is 0 Å². The number of hydrogen-bond donors (Lipinski definition) is 1. The highest BCUT2D eigenvalue weighted by Crippen LogP contribution is 2.40. The van der Waals surface area contributed by atoms with E-state index < -0.39 is 0 Å². The first-order valence-corrected chi connectivity index (χ1v) is 8.20. The number of hydrogen-bond acceptors (Lipinski definition) is 2. The van der Waals surface area contributed by atoms with Gasteiger partial charge in [-0.25, -0.2) is 0 Å². The van der Waals surface area contributed by atoms with Crippen molar-refractivity contribution in [3.8, 4) is 0 Å². The fourth-order valence-electron chi connectivity index (χ4n) is 3.37. The van der Waals surface area contributed by atoms with Gasteiger partial charge in [-0.3, -0.25) is 9.78 Å². The van der Waals surface area contributed by atoms with Crippen molar-refractivity contribution < 1.29 is 4.79 Å². The molecule has 1 fully saturated rings. The number of rotatable bonds is 5. The van der Waals surface area contributed by atoms with Crippen molar-refractivity contribution in [1.82, 2.24) is 10.3 Å². The van der Waals surface area contributed by atoms with Crippen molar-refractivity contribution in [3.63, 3.8) is 0 Å². The van der Waals surface area contributed by atoms with E-state index in [-0.39, 0.29) is 11.3 Å². The minimum atomic E-state index is -0.0453. The first kappa shape index (κ1) is 15.5. The zero-order valence-electron chi connectivity index (χ0n) is 13.2. The van der Waals surface area contributed by atoms with Crippen molar-refractivity contribution in [2.75, 3.05) is 6.54 Å². The number of carbonyl (C=O) groups excluding carboxylic acids is 1. The van der Waals surface area contributed by atoms with E-state index in [2.05, 4.69) is 34.6 Å². The molecule has 2 aromatic rings. The predicted molar refractivity (Wildman–Crippen MR) is 92.9 cm³/mol. The van der Waals surface area contributed by atoms with Crippen LogP contribution in [0.25, 0.3) is 6.08 Å². The molecule has 1 heterocycles. The normalized spacial score (nSPS) is 16.5. The molecule has 1 saturated carbocycles. The van der Waals surface area contributed by atoms with Crippen LogP contribution >= 0.6 is 0 Å². The van der Waals surface area contributed by atoms with Crippen molar-refractivity contribution >= 4 is 12.0 Å². The number of aromatic nitrogens is 1. The zero-order valence-corrected chi connectivity index (χ0v) is 13.2. The molecule has 0 aliphatic heterocycles. The fraction of sp³-hybridized carbons (Fsp3) is 0.300. The van der Waals surface area contributed by atoms with Gasteiger partial charge >= 0.3 is 0 Å². The van der Waals surface area contributed by atoms with Gasteiger partial charge in [-0.2, -0.15) is 0 Å². The molecular weight excluding hydrogens is 284 g/mol. The Labute approximate surface area is 137 Å². The average molecular weight is 306 g/mol. The van der Waals surface area contributed by atoms with E-state index >= 15 is 0 Å². The molecular formula is C20H22N2O. The minimum absolute atomic E-state index is 0.0453. The molecule has 1 aliphatic rings. The molecule has 0 bridgehead atoms. The van der Waals surface area contributed by atoms with E-state index in [1.54, 1.807) is 24.5 Å². The monoisotopic (exact) mass is 306 g/mol. The highest BCUT2D eigenvalue weighted by Gasteiger charge is 2.35. The van der Waals surface area contributed by atoms with Gasteiger partial charge in [0, 0.05) is 30.4 Å². The second-order valence-electron chi connectivity index (χ2n) is 6.19. The molecule has 0 saturated heterocycles. The largest absolute Gasteiger partial charge is 0.352 e. The summed E-state index contributed by atoms with van der Waals surface area (Å²) in [5.74, 6) is -0.0453. The van der Waals surface area contributed by atoms with Crippen LogP contribution in [0.5, 0.6) is 0 Å². The maximum atomic E-state index is 12.1. The SMILES string of the molecule is O=C(/C=C/c1cccnc1)NCC1(c2ccccc2)CCCC1. The molecule has 0 radical (unpaired) electrons. The molecule has 23 heavy (non-hydrogen) atoms. The van der Waals surface area contributed by atoms with Crippen LogP contribution in [0.1, 0.15) is 36.8 Å². The third kappa shape index (κ3) is 3.86. The van der Waals surface area contributed by atoms with Crippen molar-refractivity contribution in [2.24, 2.45) is 0 Å². The number of pyridine rings is 1. The molecule has 1 N–H and O–H groups in total. The standard InChI is InChI=1S/C20H22N2O/c23-19(11-10-17-7-6-14-21-15-17)22-16-20(12-4-5-13-20)18-8-2-1-3-9-18/h1-3,6-11,14-15H,4-5,12-13,16H2,(H,22,23)/b11-10+. The second kappa shape index (κ2) is 7.23. The summed E-state index contributed by atoms with van der Waals surface area (Å²) in [6, 6.07) is 14.4. The van der Waals surface area contributed by atoms with Gasteiger partial charge in [0.05, 0.1) is 0 Å². The van der Waals surface area contributed by atoms with Crippen LogP contribution in [0.4, 0.5) is 0 Å². The molecule has 1 aromatic carbocycles. The fourth-order valence-corrected chi connectivity index (χ4v) is 3.37. The predicted octanol–water partition coefficient (Wildman–Crippen LogP) is 3.72. The van der Waals surface area contributed by atoms with Crippen LogP contribution < -0.4 is 5.32 Å². The Morgan fingerprint density at radius 1 is 1.13 bits per heavy atom. The zero-order chi connectivity index (χ0) is 16.0. The lowest BCUT2D eigenvalue weighted by Gasteiger charge is -2.29. The van der Waals surface area contributed by atoms with Crippen molar-refractivity contribution in [2.45, 2.75) is 31.1 Å². The van der Waals surface area contributed by atoms with Crippen LogP contribution in [0.3, 0.4) is 0 Å². The van der Waals surface area contributed by atoms with Crippen LogP contribution in [0.2, 0.25) is 0 Å². The third-order valence-corrected chi connectivity index (χ3v) is 4.66. The highest BCUT2D eigenvalue weighted by molar-refractivity contribution is 5.91. The second-order valence-corrected chi connectivity index (χ2v) is 6.19. The lowest BCUT2D eigenvalue weighted by molar-refractivity contribution is -0.116. The molecule has 3 rings (SSSR count). The van der Waals surface area contributed by atoms with E-state index in [9.17, 15) is 4.79 Å². The van der Waals surface area contributed by atoms with Crippen molar-refractivity contribution in [3.05, 3.63) is 72.1 Å². The van der Waals surface area contributed by atoms with Gasteiger partial charge in [-0.1, -0.05) is 49.2 Å². The highest BCUT2D eigenvalue weighted by atomic mass is 16.1. The molecule has 3 nitrogen and oxygen atoms in total. The summed E-state index contributed by atoms with van der Waals surface area (Å²) >= 11 is 0. The van der Waals surface area contributed by atoms with Crippen LogP contribution in [-0.2, 0) is 10.2 Å². The maximum Gasteiger partial charge on any atom is 0.244 e. The topological polar surface area (TPSA) is 42.0 Å². The van der Waals surface area contributed by atoms with Crippen molar-refractivity contribution in [1.29, 1.82) is 0 Å². The Bertz CT molecular complexity index is 659. The lowest BCUT2D eigenvalue weighted by Crippen LogP contribution is -2.38. The summed E-state index contributed by atoms with van der Waals surface area (Å²) in [4.78, 5) is 16.2. The Kier molecular flexibility index (Phi) is 4.86. The minimum Gasteiger partial charge on any atom is -0.352 e. The Hall–Kier alpha value is -2.42. The number of amides is 1. The van der Waals surface area contributed by atoms with Crippen LogP contribution in [0.15, 0.2) is 60.9 Å². The lowest BCUT2D eigenvalue weighted by atomic mass is 9.79. The quantitative estimate of drug-likeness (QED) is 0.855. The Balaban J connectivity index is 1.64.